The third-order valence-electron chi connectivity index (χ3n) is 7.16. The second kappa shape index (κ2) is 12.0. The van der Waals surface area contributed by atoms with Crippen LogP contribution in [0.3, 0.4) is 0 Å². The van der Waals surface area contributed by atoms with Crippen molar-refractivity contribution in [2.75, 3.05) is 11.8 Å². The predicted molar refractivity (Wildman–Crippen MR) is 171 cm³/mol. The maximum atomic E-state index is 14.1. The fourth-order valence-corrected chi connectivity index (χ4v) is 5.99. The molecule has 0 aliphatic carbocycles. The Balaban J connectivity index is 1.51. The van der Waals surface area contributed by atoms with E-state index in [1.54, 1.807) is 73.8 Å². The normalized spacial score (nSPS) is 11.8. The fourth-order valence-electron chi connectivity index (χ4n) is 5.04. The molecule has 0 aliphatic rings. The summed E-state index contributed by atoms with van der Waals surface area (Å²) < 4.78 is 35.2. The Morgan fingerprint density at radius 3 is 2.33 bits per heavy atom. The molecule has 0 bridgehead atoms. The molecule has 0 fully saturated rings. The maximum Gasteiger partial charge on any atom is 0.266 e. The van der Waals surface area contributed by atoms with Crippen LogP contribution < -0.4 is 15.0 Å². The second-order valence-electron chi connectivity index (χ2n) is 9.94. The topological polar surface area (TPSA) is 149 Å². The summed E-state index contributed by atoms with van der Waals surface area (Å²) in [7, 11) is -2.43. The summed E-state index contributed by atoms with van der Waals surface area (Å²) in [5, 5.41) is 14.3. The fraction of sp³-hybridized carbons (Fsp3) is 0.0606. The van der Waals surface area contributed by atoms with Gasteiger partial charge in [0.25, 0.3) is 15.6 Å². The third-order valence-corrected chi connectivity index (χ3v) is 8.51. The van der Waals surface area contributed by atoms with Crippen LogP contribution in [0.15, 0.2) is 124 Å². The smallest absolute Gasteiger partial charge is 0.266 e. The molecule has 4 aromatic carbocycles. The van der Waals surface area contributed by atoms with Crippen molar-refractivity contribution in [3.05, 3.63) is 136 Å². The van der Waals surface area contributed by atoms with Crippen LogP contribution in [-0.4, -0.2) is 46.0 Å². The molecule has 224 valence electrons. The number of benzene rings is 4. The average Bonchev–Trinajstić information content (AvgIpc) is 3.06. The minimum atomic E-state index is -4.01. The van der Waals surface area contributed by atoms with Crippen LogP contribution in [0, 0.1) is 6.92 Å². The van der Waals surface area contributed by atoms with E-state index in [0.717, 1.165) is 5.56 Å². The molecule has 0 amide bonds. The van der Waals surface area contributed by atoms with Gasteiger partial charge in [0.05, 0.1) is 28.6 Å². The molecular formula is C33H26N6O5S. The number of rotatable bonds is 8. The molecule has 45 heavy (non-hydrogen) atoms. The Labute approximate surface area is 258 Å². The van der Waals surface area contributed by atoms with Crippen LogP contribution >= 0.6 is 0 Å². The van der Waals surface area contributed by atoms with Crippen molar-refractivity contribution in [3.63, 3.8) is 0 Å². The van der Waals surface area contributed by atoms with Crippen molar-refractivity contribution in [3.8, 4) is 22.8 Å². The lowest BCUT2D eigenvalue weighted by atomic mass is 9.95. The molecule has 0 saturated carbocycles. The van der Waals surface area contributed by atoms with Crippen LogP contribution in [0.1, 0.15) is 16.7 Å². The summed E-state index contributed by atoms with van der Waals surface area (Å²) in [4.78, 5) is 26.7. The first kappa shape index (κ1) is 29.2. The highest BCUT2D eigenvalue weighted by Crippen LogP contribution is 2.29. The van der Waals surface area contributed by atoms with Gasteiger partial charge in [-0.2, -0.15) is 0 Å². The molecular weight excluding hydrogens is 592 g/mol. The van der Waals surface area contributed by atoms with Crippen molar-refractivity contribution in [1.29, 1.82) is 0 Å². The van der Waals surface area contributed by atoms with Gasteiger partial charge in [-0.3, -0.25) is 9.36 Å². The van der Waals surface area contributed by atoms with Gasteiger partial charge in [0.15, 0.2) is 0 Å². The lowest BCUT2D eigenvalue weighted by molar-refractivity contribution is 0.319. The highest BCUT2D eigenvalue weighted by atomic mass is 32.2. The third kappa shape index (κ3) is 5.61. The molecule has 2 N–H and O–H groups in total. The molecule has 0 unspecified atom stereocenters. The van der Waals surface area contributed by atoms with Gasteiger partial charge in [0.1, 0.15) is 17.3 Å². The number of anilines is 1. The van der Waals surface area contributed by atoms with Gasteiger partial charge in [0.2, 0.25) is 5.95 Å². The lowest BCUT2D eigenvalue weighted by Crippen LogP contribution is -2.23. The second-order valence-corrected chi connectivity index (χ2v) is 11.6. The number of hydrogen-bond acceptors (Lipinski definition) is 9. The number of oxime groups is 1. The number of nitrogens with zero attached hydrogens (tertiary/aromatic N) is 5. The standard InChI is InChI=1S/C33H26N6O5S/c1-21-20-22(12-17-29(21)44-2)30(37-41)25-8-3-4-9-26(25)31-36-28-11-6-5-10-27(28)32(40)39(31)23-13-15-24(16-14-23)45(42,43)38-33-34-18-7-19-35-33/h3-20,41H,1-2H3,(H,34,35,38)/b37-30+. The Morgan fingerprint density at radius 1 is 0.911 bits per heavy atom. The van der Waals surface area contributed by atoms with Gasteiger partial charge in [0, 0.05) is 29.1 Å². The molecule has 11 nitrogen and oxygen atoms in total. The zero-order valence-electron chi connectivity index (χ0n) is 24.1. The lowest BCUT2D eigenvalue weighted by Gasteiger charge is -2.18. The predicted octanol–water partition coefficient (Wildman–Crippen LogP) is 5.19. The first-order valence-corrected chi connectivity index (χ1v) is 15.2. The van der Waals surface area contributed by atoms with E-state index < -0.39 is 10.0 Å². The Hall–Kier alpha value is -5.88. The first-order chi connectivity index (χ1) is 21.8. The first-order valence-electron chi connectivity index (χ1n) is 13.7. The highest BCUT2D eigenvalue weighted by molar-refractivity contribution is 7.92. The molecule has 0 atom stereocenters. The quantitative estimate of drug-likeness (QED) is 0.135. The zero-order valence-corrected chi connectivity index (χ0v) is 24.9. The van der Waals surface area contributed by atoms with Gasteiger partial charge in [-0.25, -0.2) is 28.1 Å². The Bertz CT molecular complexity index is 2240. The van der Waals surface area contributed by atoms with E-state index >= 15 is 0 Å². The molecule has 0 saturated heterocycles. The average molecular weight is 619 g/mol. The minimum absolute atomic E-state index is 0.0490. The number of aryl methyl sites for hydroxylation is 1. The van der Waals surface area contributed by atoms with E-state index in [9.17, 15) is 18.4 Å². The van der Waals surface area contributed by atoms with Gasteiger partial charge in [-0.15, -0.1) is 0 Å². The van der Waals surface area contributed by atoms with Gasteiger partial charge >= 0.3 is 0 Å². The van der Waals surface area contributed by atoms with Crippen LogP contribution in [-0.2, 0) is 10.0 Å². The van der Waals surface area contributed by atoms with Crippen LogP contribution in [0.2, 0.25) is 0 Å². The van der Waals surface area contributed by atoms with E-state index in [1.165, 1.54) is 41.2 Å². The summed E-state index contributed by atoms with van der Waals surface area (Å²) in [6, 6.07) is 26.9. The molecule has 2 heterocycles. The van der Waals surface area contributed by atoms with Crippen LogP contribution in [0.4, 0.5) is 5.95 Å². The SMILES string of the molecule is COc1ccc(/C(=N\O)c2ccccc2-c2nc3ccccc3c(=O)n2-c2ccc(S(=O)(=O)Nc3ncccn3)cc2)cc1C. The van der Waals surface area contributed by atoms with Crippen molar-refractivity contribution in [2.24, 2.45) is 5.16 Å². The molecule has 0 aliphatic heterocycles. The number of methoxy groups -OCH3 is 1. The summed E-state index contributed by atoms with van der Waals surface area (Å²) in [5.41, 5.74) is 3.26. The maximum absolute atomic E-state index is 14.1. The van der Waals surface area contributed by atoms with Crippen LogP contribution in [0.25, 0.3) is 28.0 Å². The summed E-state index contributed by atoms with van der Waals surface area (Å²) in [5.74, 6) is 0.891. The number of nitrogens with one attached hydrogen (secondary N) is 1. The van der Waals surface area contributed by atoms with E-state index in [-0.39, 0.29) is 27.9 Å². The number of fused-ring (bicyclic) bond motifs is 1. The molecule has 12 heteroatoms. The van der Waals surface area contributed by atoms with E-state index in [1.807, 2.05) is 13.0 Å². The number of aromatic nitrogens is 4. The van der Waals surface area contributed by atoms with Gasteiger partial charge < -0.3 is 9.94 Å². The van der Waals surface area contributed by atoms with E-state index in [2.05, 4.69) is 19.8 Å². The largest absolute Gasteiger partial charge is 0.496 e. The molecule has 0 spiro atoms. The summed E-state index contributed by atoms with van der Waals surface area (Å²) >= 11 is 0. The Morgan fingerprint density at radius 2 is 1.62 bits per heavy atom. The zero-order chi connectivity index (χ0) is 31.6. The Kier molecular flexibility index (Phi) is 7.80. The van der Waals surface area contributed by atoms with Crippen molar-refractivity contribution in [1.82, 2.24) is 19.5 Å². The summed E-state index contributed by atoms with van der Waals surface area (Å²) in [6.07, 6.45) is 2.85. The number of ether oxygens (including phenoxy) is 1. The number of para-hydroxylation sites is 1. The van der Waals surface area contributed by atoms with Crippen molar-refractivity contribution >= 4 is 32.6 Å². The summed E-state index contributed by atoms with van der Waals surface area (Å²) in [6.45, 7) is 1.89. The van der Waals surface area contributed by atoms with Crippen LogP contribution in [0.5, 0.6) is 5.75 Å². The molecule has 2 aromatic heterocycles. The minimum Gasteiger partial charge on any atom is -0.496 e. The van der Waals surface area contributed by atoms with Gasteiger partial charge in [-0.1, -0.05) is 41.6 Å². The van der Waals surface area contributed by atoms with E-state index in [0.29, 0.717) is 39.0 Å². The number of hydrogen-bond donors (Lipinski definition) is 2. The molecule has 6 rings (SSSR count). The van der Waals surface area contributed by atoms with Gasteiger partial charge in [-0.05, 0) is 73.2 Å². The van der Waals surface area contributed by atoms with Crippen molar-refractivity contribution < 1.29 is 18.4 Å². The monoisotopic (exact) mass is 618 g/mol. The molecule has 0 radical (unpaired) electrons. The highest BCUT2D eigenvalue weighted by Gasteiger charge is 2.22. The molecule has 6 aromatic rings. The number of sulfonamides is 1. The van der Waals surface area contributed by atoms with E-state index in [4.69, 9.17) is 9.72 Å². The van der Waals surface area contributed by atoms with Crippen molar-refractivity contribution in [2.45, 2.75) is 11.8 Å².